The van der Waals surface area contributed by atoms with Gasteiger partial charge in [0.05, 0.1) is 11.9 Å². The lowest BCUT2D eigenvalue weighted by molar-refractivity contribution is 0.0842. The smallest absolute Gasteiger partial charge is 0.113 e. The third-order valence-corrected chi connectivity index (χ3v) is 0.959. The number of hydrogen-bond donors (Lipinski definition) is 1. The fraction of sp³-hybridized carbons (Fsp3) is 0.714. The molecule has 0 heterocycles. The van der Waals surface area contributed by atoms with Crippen molar-refractivity contribution in [2.75, 3.05) is 6.61 Å². The maximum absolute atomic E-state index is 8.74. The van der Waals surface area contributed by atoms with Gasteiger partial charge in [-0.2, -0.15) is 0 Å². The maximum atomic E-state index is 8.74. The summed E-state index contributed by atoms with van der Waals surface area (Å²) in [6.45, 7) is 5.85. The van der Waals surface area contributed by atoms with Crippen molar-refractivity contribution in [2.45, 2.75) is 26.9 Å². The van der Waals surface area contributed by atoms with E-state index in [0.29, 0.717) is 6.61 Å². The average Bonchev–Trinajstić information content (AvgIpc) is 1.83. The van der Waals surface area contributed by atoms with Crippen LogP contribution in [0.5, 0.6) is 0 Å². The first-order valence-electron chi connectivity index (χ1n) is 3.10. The second-order valence-electron chi connectivity index (χ2n) is 2.06. The van der Waals surface area contributed by atoms with Crippen molar-refractivity contribution in [1.82, 2.24) is 0 Å². The van der Waals surface area contributed by atoms with Crippen LogP contribution in [0.4, 0.5) is 0 Å². The summed E-state index contributed by atoms with van der Waals surface area (Å²) in [6.07, 6.45) is 1.49. The van der Waals surface area contributed by atoms with Crippen LogP contribution < -0.4 is 0 Å². The van der Waals surface area contributed by atoms with Gasteiger partial charge in [0.15, 0.2) is 0 Å². The van der Waals surface area contributed by atoms with Gasteiger partial charge in [0.1, 0.15) is 6.61 Å². The Balaban J connectivity index is 3.28. The van der Waals surface area contributed by atoms with Crippen molar-refractivity contribution in [2.24, 2.45) is 0 Å². The molecule has 0 spiro atoms. The van der Waals surface area contributed by atoms with E-state index >= 15 is 0 Å². The molecule has 0 aromatic rings. The average molecular weight is 130 g/mol. The SMILES string of the molecule is CC=C(C)OCC(C)O. The Morgan fingerprint density at radius 1 is 1.78 bits per heavy atom. The highest BCUT2D eigenvalue weighted by Crippen LogP contribution is 1.94. The van der Waals surface area contributed by atoms with Gasteiger partial charge in [-0.3, -0.25) is 0 Å². The Bertz CT molecular complexity index is 95.1. The Morgan fingerprint density at radius 3 is 2.67 bits per heavy atom. The van der Waals surface area contributed by atoms with E-state index in [1.165, 1.54) is 0 Å². The number of aliphatic hydroxyl groups excluding tert-OH is 1. The van der Waals surface area contributed by atoms with Crippen LogP contribution in [0.2, 0.25) is 0 Å². The summed E-state index contributed by atoms with van der Waals surface area (Å²) >= 11 is 0. The van der Waals surface area contributed by atoms with E-state index in [1.54, 1.807) is 6.92 Å². The normalized spacial score (nSPS) is 15.3. The van der Waals surface area contributed by atoms with E-state index in [2.05, 4.69) is 0 Å². The lowest BCUT2D eigenvalue weighted by Crippen LogP contribution is -2.08. The van der Waals surface area contributed by atoms with Crippen molar-refractivity contribution in [3.05, 3.63) is 11.8 Å². The molecule has 0 bridgehead atoms. The second-order valence-corrected chi connectivity index (χ2v) is 2.06. The van der Waals surface area contributed by atoms with Gasteiger partial charge in [-0.25, -0.2) is 0 Å². The Hall–Kier alpha value is -0.500. The van der Waals surface area contributed by atoms with Crippen LogP contribution in [0.1, 0.15) is 20.8 Å². The highest BCUT2D eigenvalue weighted by molar-refractivity contribution is 4.84. The first-order valence-corrected chi connectivity index (χ1v) is 3.10. The monoisotopic (exact) mass is 130 g/mol. The molecule has 1 unspecified atom stereocenters. The summed E-state index contributed by atoms with van der Waals surface area (Å²) in [6, 6.07) is 0. The Kier molecular flexibility index (Phi) is 4.14. The third-order valence-electron chi connectivity index (χ3n) is 0.959. The van der Waals surface area contributed by atoms with Gasteiger partial charge < -0.3 is 9.84 Å². The van der Waals surface area contributed by atoms with E-state index < -0.39 is 0 Å². The Morgan fingerprint density at radius 2 is 2.33 bits per heavy atom. The molecule has 0 aliphatic heterocycles. The molecule has 1 atom stereocenters. The van der Waals surface area contributed by atoms with Crippen LogP contribution >= 0.6 is 0 Å². The number of ether oxygens (including phenoxy) is 1. The zero-order valence-corrected chi connectivity index (χ0v) is 6.22. The minimum Gasteiger partial charge on any atom is -0.496 e. The van der Waals surface area contributed by atoms with E-state index in [1.807, 2.05) is 19.9 Å². The fourth-order valence-corrected chi connectivity index (χ4v) is 0.335. The molecule has 54 valence electrons. The van der Waals surface area contributed by atoms with E-state index in [-0.39, 0.29) is 6.10 Å². The highest BCUT2D eigenvalue weighted by atomic mass is 16.5. The molecule has 1 N–H and O–H groups in total. The van der Waals surface area contributed by atoms with Gasteiger partial charge >= 0.3 is 0 Å². The molecule has 2 heteroatoms. The number of rotatable bonds is 3. The molecule has 9 heavy (non-hydrogen) atoms. The molecule has 0 aromatic heterocycles. The number of aliphatic hydroxyl groups is 1. The van der Waals surface area contributed by atoms with Crippen molar-refractivity contribution in [3.63, 3.8) is 0 Å². The summed E-state index contributed by atoms with van der Waals surface area (Å²) in [5.74, 6) is 0.857. The summed E-state index contributed by atoms with van der Waals surface area (Å²) in [4.78, 5) is 0. The first-order chi connectivity index (χ1) is 4.16. The van der Waals surface area contributed by atoms with Crippen LogP contribution in [0.3, 0.4) is 0 Å². The zero-order chi connectivity index (χ0) is 7.28. The van der Waals surface area contributed by atoms with Gasteiger partial charge in [0.2, 0.25) is 0 Å². The van der Waals surface area contributed by atoms with Crippen LogP contribution in [-0.4, -0.2) is 17.8 Å². The van der Waals surface area contributed by atoms with Crippen molar-refractivity contribution in [1.29, 1.82) is 0 Å². The summed E-state index contributed by atoms with van der Waals surface area (Å²) < 4.78 is 5.06. The standard InChI is InChI=1S/C7H14O2/c1-4-7(3)9-5-6(2)8/h4,6,8H,5H2,1-3H3. The van der Waals surface area contributed by atoms with Gasteiger partial charge in [-0.05, 0) is 20.8 Å². The van der Waals surface area contributed by atoms with E-state index in [0.717, 1.165) is 5.76 Å². The Labute approximate surface area is 56.1 Å². The number of hydrogen-bond acceptors (Lipinski definition) is 2. The maximum Gasteiger partial charge on any atom is 0.113 e. The molecule has 0 fully saturated rings. The van der Waals surface area contributed by atoms with Crippen LogP contribution in [0.15, 0.2) is 11.8 Å². The van der Waals surface area contributed by atoms with Gasteiger partial charge in [0, 0.05) is 0 Å². The number of allylic oxidation sites excluding steroid dienone is 2. The highest BCUT2D eigenvalue weighted by Gasteiger charge is 1.93. The lowest BCUT2D eigenvalue weighted by atomic mass is 10.4. The molecule has 0 amide bonds. The van der Waals surface area contributed by atoms with Gasteiger partial charge in [-0.1, -0.05) is 6.08 Å². The predicted octanol–water partition coefficient (Wildman–Crippen LogP) is 1.31. The summed E-state index contributed by atoms with van der Waals surface area (Å²) in [5.41, 5.74) is 0. The molecular weight excluding hydrogens is 116 g/mol. The van der Waals surface area contributed by atoms with Crippen molar-refractivity contribution >= 4 is 0 Å². The predicted molar refractivity (Wildman–Crippen MR) is 37.1 cm³/mol. The molecule has 0 saturated heterocycles. The summed E-state index contributed by atoms with van der Waals surface area (Å²) in [7, 11) is 0. The van der Waals surface area contributed by atoms with Crippen molar-refractivity contribution < 1.29 is 9.84 Å². The molecule has 0 aliphatic rings. The van der Waals surface area contributed by atoms with Crippen LogP contribution in [0.25, 0.3) is 0 Å². The van der Waals surface area contributed by atoms with E-state index in [4.69, 9.17) is 9.84 Å². The molecule has 0 saturated carbocycles. The van der Waals surface area contributed by atoms with Gasteiger partial charge in [-0.15, -0.1) is 0 Å². The third kappa shape index (κ3) is 5.37. The van der Waals surface area contributed by atoms with Crippen LogP contribution in [0, 0.1) is 0 Å². The minimum atomic E-state index is -0.375. The molecule has 0 rings (SSSR count). The largest absolute Gasteiger partial charge is 0.496 e. The topological polar surface area (TPSA) is 29.5 Å². The quantitative estimate of drug-likeness (QED) is 0.583. The fourth-order valence-electron chi connectivity index (χ4n) is 0.335. The van der Waals surface area contributed by atoms with Crippen LogP contribution in [-0.2, 0) is 4.74 Å². The molecule has 0 aromatic carbocycles. The zero-order valence-electron chi connectivity index (χ0n) is 6.22. The molecule has 0 radical (unpaired) electrons. The first kappa shape index (κ1) is 8.50. The summed E-state index contributed by atoms with van der Waals surface area (Å²) in [5, 5.41) is 8.74. The second kappa shape index (κ2) is 4.39. The molecular formula is C7H14O2. The van der Waals surface area contributed by atoms with E-state index in [9.17, 15) is 0 Å². The molecule has 2 nitrogen and oxygen atoms in total. The lowest BCUT2D eigenvalue weighted by Gasteiger charge is -2.06. The van der Waals surface area contributed by atoms with Gasteiger partial charge in [0.25, 0.3) is 0 Å². The minimum absolute atomic E-state index is 0.375. The molecule has 0 aliphatic carbocycles. The van der Waals surface area contributed by atoms with Crippen molar-refractivity contribution in [3.8, 4) is 0 Å².